The van der Waals surface area contributed by atoms with Crippen molar-refractivity contribution in [3.05, 3.63) is 61.6 Å². The van der Waals surface area contributed by atoms with Gasteiger partial charge in [-0.3, -0.25) is 14.6 Å². The molecule has 0 aliphatic heterocycles. The number of hydrogen-bond acceptors (Lipinski definition) is 9. The number of thiazole rings is 1. The molecule has 6 N–H and O–H groups in total. The first-order chi connectivity index (χ1) is 13.5. The van der Waals surface area contributed by atoms with E-state index < -0.39 is 10.9 Å². The van der Waals surface area contributed by atoms with Crippen LogP contribution < -0.4 is 33.0 Å². The van der Waals surface area contributed by atoms with Crippen LogP contribution in [-0.2, 0) is 12.3 Å². The third-order valence-electron chi connectivity index (χ3n) is 3.69. The number of thioether (sulfide) groups is 1. The Morgan fingerprint density at radius 1 is 1.14 bits per heavy atom. The smallest absolute Gasteiger partial charge is 0.253 e. The van der Waals surface area contributed by atoms with E-state index in [-0.39, 0.29) is 5.96 Å². The highest BCUT2D eigenvalue weighted by atomic mass is 32.2. The molecule has 0 saturated heterocycles. The first-order valence-corrected chi connectivity index (χ1v) is 10.4. The quantitative estimate of drug-likeness (QED) is 0.164. The summed E-state index contributed by atoms with van der Waals surface area (Å²) in [6.07, 6.45) is 3.36. The van der Waals surface area contributed by atoms with Crippen molar-refractivity contribution in [1.29, 1.82) is 0 Å². The van der Waals surface area contributed by atoms with E-state index in [1.165, 1.54) is 11.3 Å². The van der Waals surface area contributed by atoms with E-state index in [2.05, 4.69) is 25.6 Å². The van der Waals surface area contributed by atoms with Crippen LogP contribution in [0.5, 0.6) is 0 Å². The van der Waals surface area contributed by atoms with Crippen molar-refractivity contribution in [2.24, 2.45) is 16.5 Å². The number of aliphatic imine (C=N–C) groups is 1. The maximum absolute atomic E-state index is 11.8. The average Bonchev–Trinajstić information content (AvgIpc) is 3.13. The zero-order valence-corrected chi connectivity index (χ0v) is 16.5. The Morgan fingerprint density at radius 2 is 1.86 bits per heavy atom. The normalized spacial score (nSPS) is 10.7. The van der Waals surface area contributed by atoms with E-state index in [0.717, 1.165) is 17.0 Å². The van der Waals surface area contributed by atoms with Crippen LogP contribution >= 0.6 is 23.1 Å². The van der Waals surface area contributed by atoms with Gasteiger partial charge in [-0.15, -0.1) is 11.3 Å². The number of guanidine groups is 1. The first kappa shape index (κ1) is 19.8. The maximum atomic E-state index is 11.8. The van der Waals surface area contributed by atoms with Gasteiger partial charge >= 0.3 is 0 Å². The number of hydrogen-bond donors (Lipinski definition) is 4. The molecule has 11 heteroatoms. The van der Waals surface area contributed by atoms with Crippen LogP contribution in [0, 0.1) is 0 Å². The summed E-state index contributed by atoms with van der Waals surface area (Å²) in [6.45, 7) is 1.02. The molecule has 2 heterocycles. The summed E-state index contributed by atoms with van der Waals surface area (Å²) >= 11 is 3.03. The summed E-state index contributed by atoms with van der Waals surface area (Å²) in [5.41, 5.74) is 12.2. The van der Waals surface area contributed by atoms with Gasteiger partial charge in [0, 0.05) is 42.4 Å². The van der Waals surface area contributed by atoms with Crippen molar-refractivity contribution in [3.8, 4) is 0 Å². The van der Waals surface area contributed by atoms with Crippen LogP contribution in [0.15, 0.2) is 44.5 Å². The molecule has 28 heavy (non-hydrogen) atoms. The average molecular weight is 418 g/mol. The van der Waals surface area contributed by atoms with Crippen LogP contribution in [0.1, 0.15) is 11.3 Å². The van der Waals surface area contributed by atoms with Crippen LogP contribution in [-0.4, -0.2) is 28.2 Å². The molecule has 0 saturated carbocycles. The predicted octanol–water partition coefficient (Wildman–Crippen LogP) is 0.996. The molecule has 9 nitrogen and oxygen atoms in total. The van der Waals surface area contributed by atoms with Gasteiger partial charge in [0.15, 0.2) is 5.96 Å². The van der Waals surface area contributed by atoms with Crippen molar-refractivity contribution < 1.29 is 0 Å². The Bertz CT molecular complexity index is 1020. The molecule has 0 fully saturated rings. The van der Waals surface area contributed by atoms with Gasteiger partial charge in [-0.05, 0) is 17.7 Å². The first-order valence-electron chi connectivity index (χ1n) is 8.36. The predicted molar refractivity (Wildman–Crippen MR) is 115 cm³/mol. The van der Waals surface area contributed by atoms with Gasteiger partial charge in [0.1, 0.15) is 11.4 Å². The van der Waals surface area contributed by atoms with Crippen molar-refractivity contribution in [2.75, 3.05) is 22.9 Å². The van der Waals surface area contributed by atoms with Gasteiger partial charge in [-0.25, -0.2) is 4.98 Å². The van der Waals surface area contributed by atoms with Gasteiger partial charge < -0.3 is 22.1 Å². The third kappa shape index (κ3) is 5.08. The fourth-order valence-electron chi connectivity index (χ4n) is 2.37. The summed E-state index contributed by atoms with van der Waals surface area (Å²) in [7, 11) is 0. The molecule has 0 atom stereocenters. The Labute approximate surface area is 169 Å². The second-order valence-corrected chi connectivity index (χ2v) is 7.70. The summed E-state index contributed by atoms with van der Waals surface area (Å²) in [6, 6.07) is 3.69. The highest BCUT2D eigenvalue weighted by Crippen LogP contribution is 2.22. The van der Waals surface area contributed by atoms with Gasteiger partial charge in [0.2, 0.25) is 5.13 Å². The van der Waals surface area contributed by atoms with Crippen LogP contribution in [0.2, 0.25) is 0 Å². The molecule has 0 spiro atoms. The molecule has 1 aromatic carbocycles. The zero-order valence-electron chi connectivity index (χ0n) is 14.8. The van der Waals surface area contributed by atoms with Crippen LogP contribution in [0.4, 0.5) is 16.5 Å². The minimum atomic E-state index is -0.487. The molecule has 0 bridgehead atoms. The molecule has 0 aliphatic rings. The minimum Gasteiger partial charge on any atom is -0.379 e. The van der Waals surface area contributed by atoms with E-state index in [1.807, 2.05) is 17.5 Å². The van der Waals surface area contributed by atoms with Crippen molar-refractivity contribution in [3.63, 3.8) is 0 Å². The Balaban J connectivity index is 1.43. The zero-order chi connectivity index (χ0) is 19.9. The summed E-state index contributed by atoms with van der Waals surface area (Å²) in [4.78, 5) is 35.7. The van der Waals surface area contributed by atoms with Crippen LogP contribution in [0.25, 0.3) is 0 Å². The molecule has 3 rings (SSSR count). The number of aromatic nitrogens is 2. The van der Waals surface area contributed by atoms with Crippen molar-refractivity contribution in [2.45, 2.75) is 12.3 Å². The minimum absolute atomic E-state index is 0.0147. The second-order valence-electron chi connectivity index (χ2n) is 5.75. The molecule has 146 valence electrons. The van der Waals surface area contributed by atoms with Crippen molar-refractivity contribution >= 4 is 45.6 Å². The van der Waals surface area contributed by atoms with Gasteiger partial charge in [0.05, 0.1) is 5.69 Å². The molecular formula is C17H19N7O2S2. The van der Waals surface area contributed by atoms with E-state index >= 15 is 0 Å². The Morgan fingerprint density at radius 3 is 2.57 bits per heavy atom. The summed E-state index contributed by atoms with van der Waals surface area (Å²) in [5.74, 6) is 1.44. The third-order valence-corrected chi connectivity index (χ3v) is 5.47. The molecule has 0 unspecified atom stereocenters. The van der Waals surface area contributed by atoms with Crippen molar-refractivity contribution in [1.82, 2.24) is 9.97 Å². The number of anilines is 2. The van der Waals surface area contributed by atoms with E-state index in [9.17, 15) is 9.59 Å². The fourth-order valence-corrected chi connectivity index (χ4v) is 3.93. The molecule has 3 aromatic rings. The lowest BCUT2D eigenvalue weighted by Gasteiger charge is -2.14. The number of nitrogens with zero attached hydrogens (tertiary/aromatic N) is 3. The number of rotatable bonds is 10. The van der Waals surface area contributed by atoms with Gasteiger partial charge in [-0.2, -0.15) is 16.8 Å². The SMILES string of the molecule is NC(N)=Nc1nc(CSCCNc2c(NCc3ccncc3)c(=O)c2=O)cs1. The maximum Gasteiger partial charge on any atom is 0.253 e. The van der Waals surface area contributed by atoms with E-state index in [0.29, 0.717) is 35.3 Å². The van der Waals surface area contributed by atoms with Gasteiger partial charge in [0.25, 0.3) is 10.9 Å². The summed E-state index contributed by atoms with van der Waals surface area (Å²) < 4.78 is 0. The lowest BCUT2D eigenvalue weighted by molar-refractivity contribution is 1.10. The fraction of sp³-hybridized carbons (Fsp3) is 0.235. The number of nitrogens with one attached hydrogen (secondary N) is 2. The molecule has 0 aliphatic carbocycles. The second kappa shape index (κ2) is 9.33. The summed E-state index contributed by atoms with van der Waals surface area (Å²) in [5, 5.41) is 8.50. The molecule has 2 aromatic heterocycles. The largest absolute Gasteiger partial charge is 0.379 e. The topological polar surface area (TPSA) is 148 Å². The standard InChI is InChI=1S/C17H19N7O2S2/c18-16(19)24-17-23-11(9-28-17)8-27-6-5-21-12-13(15(26)14(12)25)22-7-10-1-3-20-4-2-10/h1-4,9,21-22H,5-8H2,(H4,18,19,23,24). The Kier molecular flexibility index (Phi) is 6.61. The number of pyridine rings is 1. The van der Waals surface area contributed by atoms with E-state index in [4.69, 9.17) is 11.5 Å². The van der Waals surface area contributed by atoms with Crippen LogP contribution in [0.3, 0.4) is 0 Å². The lowest BCUT2D eigenvalue weighted by atomic mass is 10.1. The highest BCUT2D eigenvalue weighted by molar-refractivity contribution is 7.98. The monoisotopic (exact) mass is 417 g/mol. The highest BCUT2D eigenvalue weighted by Gasteiger charge is 2.20. The van der Waals surface area contributed by atoms with E-state index in [1.54, 1.807) is 24.2 Å². The molecule has 0 radical (unpaired) electrons. The molecule has 0 amide bonds. The lowest BCUT2D eigenvalue weighted by Crippen LogP contribution is -2.37. The molecular weight excluding hydrogens is 398 g/mol. The Hall–Kier alpha value is -2.92. The van der Waals surface area contributed by atoms with Gasteiger partial charge in [-0.1, -0.05) is 0 Å². The number of nitrogens with two attached hydrogens (primary N) is 2.